The van der Waals surface area contributed by atoms with E-state index in [0.717, 1.165) is 5.82 Å². The Bertz CT molecular complexity index is 987. The van der Waals surface area contributed by atoms with E-state index in [1.54, 1.807) is 24.4 Å². The predicted molar refractivity (Wildman–Crippen MR) is 101 cm³/mol. The Labute approximate surface area is 166 Å². The highest BCUT2D eigenvalue weighted by Crippen LogP contribution is 2.17. The number of nitrogens with zero attached hydrogens (tertiary/aromatic N) is 5. The van der Waals surface area contributed by atoms with Gasteiger partial charge in [-0.25, -0.2) is 8.78 Å². The number of hydrogen-bond donors (Lipinski definition) is 1. The van der Waals surface area contributed by atoms with Crippen LogP contribution in [0.1, 0.15) is 27.7 Å². The van der Waals surface area contributed by atoms with Crippen LogP contribution < -0.4 is 5.32 Å². The van der Waals surface area contributed by atoms with Gasteiger partial charge in [-0.1, -0.05) is 12.1 Å². The molecule has 0 saturated carbocycles. The van der Waals surface area contributed by atoms with Gasteiger partial charge in [0.15, 0.2) is 5.82 Å². The Balaban J connectivity index is 1.40. The lowest BCUT2D eigenvalue weighted by molar-refractivity contribution is 0.0944. The summed E-state index contributed by atoms with van der Waals surface area (Å²) in [5.41, 5.74) is 0.411. The summed E-state index contributed by atoms with van der Waals surface area (Å²) in [7, 11) is 0. The average Bonchev–Trinajstić information content (AvgIpc) is 3.01. The van der Waals surface area contributed by atoms with Gasteiger partial charge in [-0.3, -0.25) is 14.7 Å². The SMILES string of the molecule is O=C(NCc1nnc2n1CCN(Cc1c(F)cccc1F)CC2)c1ccccn1. The number of amides is 1. The van der Waals surface area contributed by atoms with Crippen LogP contribution in [0.3, 0.4) is 0 Å². The van der Waals surface area contributed by atoms with Gasteiger partial charge in [-0.05, 0) is 24.3 Å². The Kier molecular flexibility index (Phi) is 5.57. The van der Waals surface area contributed by atoms with Crippen LogP contribution in [0.5, 0.6) is 0 Å². The molecular weight excluding hydrogens is 378 g/mol. The molecule has 4 rings (SSSR count). The molecule has 3 aromatic rings. The van der Waals surface area contributed by atoms with Crippen molar-refractivity contribution in [3.05, 3.63) is 77.1 Å². The van der Waals surface area contributed by atoms with Crippen LogP contribution >= 0.6 is 0 Å². The van der Waals surface area contributed by atoms with Crippen LogP contribution in [-0.2, 0) is 26.1 Å². The third-order valence-corrected chi connectivity index (χ3v) is 4.94. The van der Waals surface area contributed by atoms with E-state index in [0.29, 0.717) is 37.6 Å². The third kappa shape index (κ3) is 4.29. The maximum atomic E-state index is 14.0. The van der Waals surface area contributed by atoms with Gasteiger partial charge in [0.25, 0.3) is 5.91 Å². The van der Waals surface area contributed by atoms with E-state index >= 15 is 0 Å². The normalized spacial score (nSPS) is 14.3. The molecule has 2 aromatic heterocycles. The van der Waals surface area contributed by atoms with Crippen molar-refractivity contribution < 1.29 is 13.6 Å². The molecule has 0 saturated heterocycles. The first-order valence-corrected chi connectivity index (χ1v) is 9.37. The lowest BCUT2D eigenvalue weighted by Gasteiger charge is -2.20. The molecule has 3 heterocycles. The zero-order valence-electron chi connectivity index (χ0n) is 15.7. The first-order valence-electron chi connectivity index (χ1n) is 9.37. The zero-order chi connectivity index (χ0) is 20.2. The van der Waals surface area contributed by atoms with Crippen molar-refractivity contribution in [2.75, 3.05) is 13.1 Å². The van der Waals surface area contributed by atoms with Crippen molar-refractivity contribution >= 4 is 5.91 Å². The first kappa shape index (κ1) is 19.1. The van der Waals surface area contributed by atoms with Crippen molar-refractivity contribution in [3.63, 3.8) is 0 Å². The van der Waals surface area contributed by atoms with Crippen molar-refractivity contribution in [1.29, 1.82) is 0 Å². The number of nitrogens with one attached hydrogen (secondary N) is 1. The molecule has 150 valence electrons. The van der Waals surface area contributed by atoms with Gasteiger partial charge in [0.1, 0.15) is 23.2 Å². The lowest BCUT2D eigenvalue weighted by Crippen LogP contribution is -2.28. The summed E-state index contributed by atoms with van der Waals surface area (Å²) in [6.45, 7) is 2.21. The van der Waals surface area contributed by atoms with Gasteiger partial charge in [-0.15, -0.1) is 10.2 Å². The average molecular weight is 398 g/mol. The summed E-state index contributed by atoms with van der Waals surface area (Å²) in [6.07, 6.45) is 2.17. The smallest absolute Gasteiger partial charge is 0.270 e. The highest BCUT2D eigenvalue weighted by atomic mass is 19.1. The Morgan fingerprint density at radius 3 is 2.62 bits per heavy atom. The van der Waals surface area contributed by atoms with Crippen molar-refractivity contribution in [3.8, 4) is 0 Å². The van der Waals surface area contributed by atoms with E-state index < -0.39 is 11.6 Å². The second-order valence-corrected chi connectivity index (χ2v) is 6.81. The molecule has 0 bridgehead atoms. The van der Waals surface area contributed by atoms with E-state index in [2.05, 4.69) is 20.5 Å². The molecule has 1 amide bonds. The van der Waals surface area contributed by atoms with E-state index in [1.165, 1.54) is 18.2 Å². The molecule has 1 aliphatic rings. The van der Waals surface area contributed by atoms with Gasteiger partial charge in [-0.2, -0.15) is 0 Å². The van der Waals surface area contributed by atoms with E-state index in [1.807, 2.05) is 9.47 Å². The van der Waals surface area contributed by atoms with Crippen LogP contribution in [0.2, 0.25) is 0 Å². The number of rotatable bonds is 5. The minimum Gasteiger partial charge on any atom is -0.343 e. The number of pyridine rings is 1. The van der Waals surface area contributed by atoms with E-state index in [-0.39, 0.29) is 24.6 Å². The fourth-order valence-corrected chi connectivity index (χ4v) is 3.37. The molecular formula is C20H20F2N6O. The van der Waals surface area contributed by atoms with Crippen LogP contribution in [-0.4, -0.2) is 43.6 Å². The molecule has 29 heavy (non-hydrogen) atoms. The first-order chi connectivity index (χ1) is 14.1. The van der Waals surface area contributed by atoms with Crippen LogP contribution in [0.15, 0.2) is 42.6 Å². The van der Waals surface area contributed by atoms with Gasteiger partial charge in [0, 0.05) is 44.4 Å². The number of carbonyl (C=O) groups excluding carboxylic acids is 1. The quantitative estimate of drug-likeness (QED) is 0.711. The summed E-state index contributed by atoms with van der Waals surface area (Å²) in [5, 5.41) is 11.2. The summed E-state index contributed by atoms with van der Waals surface area (Å²) in [6, 6.07) is 9.04. The van der Waals surface area contributed by atoms with Crippen molar-refractivity contribution in [1.82, 2.24) is 30.0 Å². The summed E-state index contributed by atoms with van der Waals surface area (Å²) in [4.78, 5) is 18.2. The molecule has 0 spiro atoms. The number of aromatic nitrogens is 4. The second kappa shape index (κ2) is 8.44. The number of hydrogen-bond acceptors (Lipinski definition) is 5. The van der Waals surface area contributed by atoms with Crippen molar-refractivity contribution in [2.45, 2.75) is 26.1 Å². The molecule has 0 radical (unpaired) electrons. The molecule has 1 aliphatic heterocycles. The van der Waals surface area contributed by atoms with Crippen LogP contribution in [0, 0.1) is 11.6 Å². The second-order valence-electron chi connectivity index (χ2n) is 6.81. The maximum Gasteiger partial charge on any atom is 0.270 e. The molecule has 1 aromatic carbocycles. The summed E-state index contributed by atoms with van der Waals surface area (Å²) in [5.74, 6) is 0.0816. The Morgan fingerprint density at radius 1 is 1.03 bits per heavy atom. The summed E-state index contributed by atoms with van der Waals surface area (Å²) >= 11 is 0. The zero-order valence-corrected chi connectivity index (χ0v) is 15.7. The Morgan fingerprint density at radius 2 is 1.86 bits per heavy atom. The molecule has 9 heteroatoms. The van der Waals surface area contributed by atoms with Crippen LogP contribution in [0.25, 0.3) is 0 Å². The predicted octanol–water partition coefficient (Wildman–Crippen LogP) is 1.94. The molecule has 0 fully saturated rings. The maximum absolute atomic E-state index is 14.0. The minimum atomic E-state index is -0.536. The molecule has 0 unspecified atom stereocenters. The molecule has 0 atom stereocenters. The fraction of sp³-hybridized carbons (Fsp3) is 0.300. The summed E-state index contributed by atoms with van der Waals surface area (Å²) < 4.78 is 29.9. The van der Waals surface area contributed by atoms with Gasteiger partial charge >= 0.3 is 0 Å². The molecule has 0 aliphatic carbocycles. The van der Waals surface area contributed by atoms with Gasteiger partial charge in [0.2, 0.25) is 0 Å². The molecule has 1 N–H and O–H groups in total. The fourth-order valence-electron chi connectivity index (χ4n) is 3.37. The Hall–Kier alpha value is -3.20. The highest BCUT2D eigenvalue weighted by molar-refractivity contribution is 5.92. The van der Waals surface area contributed by atoms with Crippen molar-refractivity contribution in [2.24, 2.45) is 0 Å². The monoisotopic (exact) mass is 398 g/mol. The number of fused-ring (bicyclic) bond motifs is 1. The number of benzene rings is 1. The van der Waals surface area contributed by atoms with E-state index in [4.69, 9.17) is 0 Å². The molecule has 7 nitrogen and oxygen atoms in total. The van der Waals surface area contributed by atoms with Gasteiger partial charge < -0.3 is 9.88 Å². The van der Waals surface area contributed by atoms with E-state index in [9.17, 15) is 13.6 Å². The standard InChI is InChI=1S/C20H20F2N6O/c21-15-4-3-5-16(22)14(15)13-27-9-7-18-25-26-19(28(18)11-10-27)12-24-20(29)17-6-1-2-8-23-17/h1-6,8H,7,9-13H2,(H,24,29). The number of halogens is 2. The topological polar surface area (TPSA) is 75.9 Å². The minimum absolute atomic E-state index is 0.0769. The lowest BCUT2D eigenvalue weighted by atomic mass is 10.2. The van der Waals surface area contributed by atoms with Crippen LogP contribution in [0.4, 0.5) is 8.78 Å². The third-order valence-electron chi connectivity index (χ3n) is 4.94. The highest BCUT2D eigenvalue weighted by Gasteiger charge is 2.21. The van der Waals surface area contributed by atoms with Gasteiger partial charge in [0.05, 0.1) is 6.54 Å². The number of carbonyl (C=O) groups is 1. The largest absolute Gasteiger partial charge is 0.343 e.